The van der Waals surface area contributed by atoms with E-state index in [9.17, 15) is 0 Å². The van der Waals surface area contributed by atoms with Crippen molar-refractivity contribution in [3.63, 3.8) is 0 Å². The van der Waals surface area contributed by atoms with Crippen LogP contribution in [0.4, 0.5) is 0 Å². The van der Waals surface area contributed by atoms with Crippen LogP contribution in [0.3, 0.4) is 0 Å². The van der Waals surface area contributed by atoms with Gasteiger partial charge in [-0.15, -0.1) is 10.2 Å². The maximum Gasteiger partial charge on any atom is 0.138 e. The zero-order chi connectivity index (χ0) is 12.3. The Morgan fingerprint density at radius 1 is 1.24 bits per heavy atom. The third-order valence-corrected chi connectivity index (χ3v) is 2.59. The van der Waals surface area contributed by atoms with E-state index in [0.29, 0.717) is 13.0 Å². The van der Waals surface area contributed by atoms with Crippen molar-refractivity contribution in [1.82, 2.24) is 14.8 Å². The predicted octanol–water partition coefficient (Wildman–Crippen LogP) is 1.09. The van der Waals surface area contributed by atoms with Crippen LogP contribution in [-0.4, -0.2) is 28.4 Å². The standard InChI is InChI=1S/C12H16N4O/c1-9-14-15-12(7-8-13)16(9)10-3-5-11(17-2)6-4-10/h3-6H,7-8,13H2,1-2H3. The molecule has 0 aliphatic heterocycles. The fraction of sp³-hybridized carbons (Fsp3) is 0.333. The minimum atomic E-state index is 0.564. The quantitative estimate of drug-likeness (QED) is 0.856. The number of methoxy groups -OCH3 is 1. The van der Waals surface area contributed by atoms with Crippen LogP contribution in [0.5, 0.6) is 5.75 Å². The number of nitrogens with zero attached hydrogens (tertiary/aromatic N) is 3. The van der Waals surface area contributed by atoms with Crippen molar-refractivity contribution >= 4 is 0 Å². The zero-order valence-corrected chi connectivity index (χ0v) is 10.1. The SMILES string of the molecule is COc1ccc(-n2c(C)nnc2CCN)cc1. The molecule has 0 bridgehead atoms. The number of ether oxygens (including phenoxy) is 1. The maximum absolute atomic E-state index is 5.56. The third-order valence-electron chi connectivity index (χ3n) is 2.59. The molecule has 2 aromatic rings. The molecule has 0 saturated heterocycles. The van der Waals surface area contributed by atoms with Gasteiger partial charge in [-0.3, -0.25) is 4.57 Å². The van der Waals surface area contributed by atoms with E-state index < -0.39 is 0 Å². The average molecular weight is 232 g/mol. The summed E-state index contributed by atoms with van der Waals surface area (Å²) in [6, 6.07) is 7.80. The van der Waals surface area contributed by atoms with Crippen LogP contribution in [0.15, 0.2) is 24.3 Å². The molecule has 0 aliphatic carbocycles. The second kappa shape index (κ2) is 4.97. The van der Waals surface area contributed by atoms with Crippen LogP contribution < -0.4 is 10.5 Å². The second-order valence-electron chi connectivity index (χ2n) is 3.74. The first kappa shape index (κ1) is 11.6. The van der Waals surface area contributed by atoms with Crippen molar-refractivity contribution in [2.45, 2.75) is 13.3 Å². The lowest BCUT2D eigenvalue weighted by Gasteiger charge is -2.08. The Morgan fingerprint density at radius 2 is 1.94 bits per heavy atom. The minimum absolute atomic E-state index is 0.564. The minimum Gasteiger partial charge on any atom is -0.497 e. The van der Waals surface area contributed by atoms with E-state index in [0.717, 1.165) is 23.1 Å². The van der Waals surface area contributed by atoms with Crippen molar-refractivity contribution in [1.29, 1.82) is 0 Å². The molecule has 0 saturated carbocycles. The van der Waals surface area contributed by atoms with Crippen molar-refractivity contribution in [2.75, 3.05) is 13.7 Å². The van der Waals surface area contributed by atoms with Gasteiger partial charge in [-0.05, 0) is 37.7 Å². The van der Waals surface area contributed by atoms with Crippen LogP contribution in [-0.2, 0) is 6.42 Å². The monoisotopic (exact) mass is 232 g/mol. The molecule has 17 heavy (non-hydrogen) atoms. The number of rotatable bonds is 4. The van der Waals surface area contributed by atoms with E-state index in [1.54, 1.807) is 7.11 Å². The third kappa shape index (κ3) is 2.29. The lowest BCUT2D eigenvalue weighted by Crippen LogP contribution is -2.09. The molecule has 0 radical (unpaired) electrons. The normalized spacial score (nSPS) is 10.5. The molecular formula is C12H16N4O. The highest BCUT2D eigenvalue weighted by Crippen LogP contribution is 2.17. The van der Waals surface area contributed by atoms with Crippen LogP contribution in [0, 0.1) is 6.92 Å². The number of aryl methyl sites for hydroxylation is 1. The summed E-state index contributed by atoms with van der Waals surface area (Å²) in [7, 11) is 1.65. The first-order chi connectivity index (χ1) is 8.26. The molecule has 1 heterocycles. The summed E-state index contributed by atoms with van der Waals surface area (Å²) in [5, 5.41) is 8.21. The van der Waals surface area contributed by atoms with Gasteiger partial charge in [0.25, 0.3) is 0 Å². The lowest BCUT2D eigenvalue weighted by atomic mass is 10.3. The first-order valence-corrected chi connectivity index (χ1v) is 5.51. The Bertz CT molecular complexity index is 490. The number of benzene rings is 1. The van der Waals surface area contributed by atoms with Gasteiger partial charge in [0.05, 0.1) is 7.11 Å². The molecule has 2 N–H and O–H groups in total. The molecule has 0 atom stereocenters. The number of nitrogens with two attached hydrogens (primary N) is 1. The van der Waals surface area contributed by atoms with Gasteiger partial charge < -0.3 is 10.5 Å². The number of hydrogen-bond acceptors (Lipinski definition) is 4. The van der Waals surface area contributed by atoms with Gasteiger partial charge in [0.1, 0.15) is 17.4 Å². The summed E-state index contributed by atoms with van der Waals surface area (Å²) in [4.78, 5) is 0. The molecule has 0 aliphatic rings. The Morgan fingerprint density at radius 3 is 2.53 bits per heavy atom. The molecule has 1 aromatic carbocycles. The van der Waals surface area contributed by atoms with E-state index in [4.69, 9.17) is 10.5 Å². The lowest BCUT2D eigenvalue weighted by molar-refractivity contribution is 0.414. The van der Waals surface area contributed by atoms with E-state index in [-0.39, 0.29) is 0 Å². The highest BCUT2D eigenvalue weighted by molar-refractivity contribution is 5.39. The van der Waals surface area contributed by atoms with Gasteiger partial charge in [0.2, 0.25) is 0 Å². The van der Waals surface area contributed by atoms with Crippen LogP contribution >= 0.6 is 0 Å². The Labute approximate surface area is 100 Å². The molecule has 0 unspecified atom stereocenters. The van der Waals surface area contributed by atoms with E-state index >= 15 is 0 Å². The number of hydrogen-bond donors (Lipinski definition) is 1. The molecule has 0 spiro atoms. The van der Waals surface area contributed by atoms with E-state index in [1.807, 2.05) is 35.8 Å². The van der Waals surface area contributed by atoms with Gasteiger partial charge in [0, 0.05) is 12.1 Å². The molecule has 5 heteroatoms. The summed E-state index contributed by atoms with van der Waals surface area (Å²) >= 11 is 0. The first-order valence-electron chi connectivity index (χ1n) is 5.51. The fourth-order valence-corrected chi connectivity index (χ4v) is 1.76. The fourth-order valence-electron chi connectivity index (χ4n) is 1.76. The number of aromatic nitrogens is 3. The molecular weight excluding hydrogens is 216 g/mol. The summed E-state index contributed by atoms with van der Waals surface area (Å²) in [5.41, 5.74) is 6.59. The van der Waals surface area contributed by atoms with Crippen molar-refractivity contribution in [3.8, 4) is 11.4 Å². The summed E-state index contributed by atoms with van der Waals surface area (Å²) in [6.07, 6.45) is 0.715. The molecule has 0 amide bonds. The molecule has 90 valence electrons. The summed E-state index contributed by atoms with van der Waals surface area (Å²) < 4.78 is 7.14. The molecule has 5 nitrogen and oxygen atoms in total. The van der Waals surface area contributed by atoms with Crippen molar-refractivity contribution in [3.05, 3.63) is 35.9 Å². The van der Waals surface area contributed by atoms with E-state index in [2.05, 4.69) is 10.2 Å². The van der Waals surface area contributed by atoms with Gasteiger partial charge in [-0.1, -0.05) is 0 Å². The summed E-state index contributed by atoms with van der Waals surface area (Å²) in [5.74, 6) is 2.58. The van der Waals surface area contributed by atoms with Gasteiger partial charge >= 0.3 is 0 Å². The zero-order valence-electron chi connectivity index (χ0n) is 10.1. The largest absolute Gasteiger partial charge is 0.497 e. The summed E-state index contributed by atoms with van der Waals surface area (Å²) in [6.45, 7) is 2.49. The molecule has 0 fully saturated rings. The van der Waals surface area contributed by atoms with Crippen LogP contribution in [0.2, 0.25) is 0 Å². The van der Waals surface area contributed by atoms with Gasteiger partial charge in [0.15, 0.2) is 0 Å². The average Bonchev–Trinajstić information content (AvgIpc) is 2.71. The van der Waals surface area contributed by atoms with Gasteiger partial charge in [-0.2, -0.15) is 0 Å². The molecule has 2 rings (SSSR count). The highest BCUT2D eigenvalue weighted by Gasteiger charge is 2.09. The Balaban J connectivity index is 2.40. The van der Waals surface area contributed by atoms with E-state index in [1.165, 1.54) is 0 Å². The topological polar surface area (TPSA) is 66.0 Å². The van der Waals surface area contributed by atoms with Crippen LogP contribution in [0.25, 0.3) is 5.69 Å². The predicted molar refractivity (Wildman–Crippen MR) is 65.4 cm³/mol. The van der Waals surface area contributed by atoms with Gasteiger partial charge in [-0.25, -0.2) is 0 Å². The Kier molecular flexibility index (Phi) is 3.39. The maximum atomic E-state index is 5.56. The Hall–Kier alpha value is -1.88. The molecule has 1 aromatic heterocycles. The van der Waals surface area contributed by atoms with Crippen molar-refractivity contribution < 1.29 is 4.74 Å². The smallest absolute Gasteiger partial charge is 0.138 e. The second-order valence-corrected chi connectivity index (χ2v) is 3.74. The van der Waals surface area contributed by atoms with Crippen molar-refractivity contribution in [2.24, 2.45) is 5.73 Å². The van der Waals surface area contributed by atoms with Crippen LogP contribution in [0.1, 0.15) is 11.6 Å². The highest BCUT2D eigenvalue weighted by atomic mass is 16.5.